The van der Waals surface area contributed by atoms with Crippen LogP contribution in [0, 0.1) is 24.4 Å². The fraction of sp³-hybridized carbons (Fsp3) is 0.300. The predicted molar refractivity (Wildman–Crippen MR) is 105 cm³/mol. The SMILES string of the molecule is Cc1cc(F)ccc1S(=O)(=O)Nc1cc(-c2nnc3n2CCCCC3)c(F)cc1F. The Morgan fingerprint density at radius 2 is 1.80 bits per heavy atom. The molecule has 1 N–H and O–H groups in total. The van der Waals surface area contributed by atoms with E-state index in [2.05, 4.69) is 14.9 Å². The minimum Gasteiger partial charge on any atom is -0.311 e. The molecule has 0 saturated carbocycles. The lowest BCUT2D eigenvalue weighted by molar-refractivity contribution is 0.581. The van der Waals surface area contributed by atoms with Gasteiger partial charge in [-0.1, -0.05) is 6.42 Å². The van der Waals surface area contributed by atoms with Crippen molar-refractivity contribution in [3.8, 4) is 11.4 Å². The van der Waals surface area contributed by atoms with E-state index in [1.807, 2.05) is 0 Å². The van der Waals surface area contributed by atoms with Gasteiger partial charge in [-0.25, -0.2) is 21.6 Å². The van der Waals surface area contributed by atoms with E-state index < -0.39 is 33.2 Å². The predicted octanol–water partition coefficient (Wildman–Crippen LogP) is 4.20. The molecule has 3 aromatic rings. The van der Waals surface area contributed by atoms with Crippen LogP contribution in [-0.2, 0) is 23.0 Å². The summed E-state index contributed by atoms with van der Waals surface area (Å²) in [7, 11) is -4.23. The van der Waals surface area contributed by atoms with Crippen LogP contribution >= 0.6 is 0 Å². The van der Waals surface area contributed by atoms with E-state index in [4.69, 9.17) is 0 Å². The third kappa shape index (κ3) is 3.79. The normalized spacial score (nSPS) is 14.3. The van der Waals surface area contributed by atoms with Gasteiger partial charge in [0, 0.05) is 19.0 Å². The lowest BCUT2D eigenvalue weighted by atomic mass is 10.1. The maximum absolute atomic E-state index is 14.6. The van der Waals surface area contributed by atoms with E-state index in [1.54, 1.807) is 4.57 Å². The van der Waals surface area contributed by atoms with Crippen molar-refractivity contribution in [2.24, 2.45) is 0 Å². The van der Waals surface area contributed by atoms with E-state index in [-0.39, 0.29) is 21.8 Å². The Kier molecular flexibility index (Phi) is 5.27. The highest BCUT2D eigenvalue weighted by Gasteiger charge is 2.24. The summed E-state index contributed by atoms with van der Waals surface area (Å²) in [4.78, 5) is -0.203. The van der Waals surface area contributed by atoms with E-state index in [0.29, 0.717) is 19.0 Å². The molecule has 30 heavy (non-hydrogen) atoms. The summed E-state index contributed by atoms with van der Waals surface area (Å²) in [6.07, 6.45) is 3.55. The molecule has 0 saturated heterocycles. The first-order valence-corrected chi connectivity index (χ1v) is 10.9. The first-order chi connectivity index (χ1) is 14.3. The summed E-state index contributed by atoms with van der Waals surface area (Å²) in [6, 6.07) is 4.84. The van der Waals surface area contributed by atoms with Gasteiger partial charge < -0.3 is 4.57 Å². The number of anilines is 1. The summed E-state index contributed by atoms with van der Waals surface area (Å²) in [5, 5.41) is 8.16. The van der Waals surface area contributed by atoms with Gasteiger partial charge in [0.2, 0.25) is 0 Å². The quantitative estimate of drug-likeness (QED) is 0.665. The molecule has 6 nitrogen and oxygen atoms in total. The van der Waals surface area contributed by atoms with Gasteiger partial charge in [-0.2, -0.15) is 0 Å². The zero-order valence-electron chi connectivity index (χ0n) is 16.1. The molecule has 1 aliphatic rings. The lowest BCUT2D eigenvalue weighted by Gasteiger charge is -2.13. The van der Waals surface area contributed by atoms with Gasteiger partial charge in [0.25, 0.3) is 10.0 Å². The number of rotatable bonds is 4. The zero-order valence-corrected chi connectivity index (χ0v) is 16.9. The summed E-state index contributed by atoms with van der Waals surface area (Å²) in [5.74, 6) is -1.59. The second kappa shape index (κ2) is 7.75. The van der Waals surface area contributed by atoms with Gasteiger partial charge in [0.1, 0.15) is 23.3 Å². The topological polar surface area (TPSA) is 76.9 Å². The third-order valence-corrected chi connectivity index (χ3v) is 6.60. The van der Waals surface area contributed by atoms with Crippen LogP contribution in [0.4, 0.5) is 18.9 Å². The molecule has 1 aliphatic heterocycles. The number of nitrogens with one attached hydrogen (secondary N) is 1. The smallest absolute Gasteiger partial charge is 0.262 e. The Labute approximate surface area is 171 Å². The Bertz CT molecular complexity index is 1230. The molecule has 0 aliphatic carbocycles. The monoisotopic (exact) mass is 436 g/mol. The number of hydrogen-bond acceptors (Lipinski definition) is 4. The van der Waals surface area contributed by atoms with Crippen LogP contribution in [0.5, 0.6) is 0 Å². The molecule has 0 amide bonds. The summed E-state index contributed by atoms with van der Waals surface area (Å²) in [6.45, 7) is 2.03. The third-order valence-electron chi connectivity index (χ3n) is 5.08. The molecular formula is C20H19F3N4O2S. The van der Waals surface area contributed by atoms with Crippen LogP contribution in [0.3, 0.4) is 0 Å². The van der Waals surface area contributed by atoms with Crippen molar-refractivity contribution in [3.63, 3.8) is 0 Å². The lowest BCUT2D eigenvalue weighted by Crippen LogP contribution is -2.16. The van der Waals surface area contributed by atoms with Crippen molar-refractivity contribution in [3.05, 3.63) is 59.2 Å². The van der Waals surface area contributed by atoms with Crippen LogP contribution in [0.15, 0.2) is 35.2 Å². The van der Waals surface area contributed by atoms with E-state index in [9.17, 15) is 21.6 Å². The average Bonchev–Trinajstić information content (AvgIpc) is 2.91. The number of fused-ring (bicyclic) bond motifs is 1. The molecule has 158 valence electrons. The van der Waals surface area contributed by atoms with E-state index in [0.717, 1.165) is 49.4 Å². The van der Waals surface area contributed by atoms with Crippen molar-refractivity contribution < 1.29 is 21.6 Å². The summed E-state index contributed by atoms with van der Waals surface area (Å²) < 4.78 is 71.7. The second-order valence-electron chi connectivity index (χ2n) is 7.23. The number of aromatic nitrogens is 3. The Morgan fingerprint density at radius 1 is 1.00 bits per heavy atom. The molecule has 1 aromatic heterocycles. The minimum atomic E-state index is -4.23. The maximum Gasteiger partial charge on any atom is 0.262 e. The number of benzene rings is 2. The number of aryl methyl sites for hydroxylation is 2. The van der Waals surface area contributed by atoms with Crippen LogP contribution < -0.4 is 4.72 Å². The van der Waals surface area contributed by atoms with Crippen molar-refractivity contribution in [1.29, 1.82) is 0 Å². The average molecular weight is 436 g/mol. The molecule has 0 fully saturated rings. The first kappa shape index (κ1) is 20.4. The van der Waals surface area contributed by atoms with Crippen LogP contribution in [0.1, 0.15) is 30.7 Å². The Hall–Kier alpha value is -2.88. The van der Waals surface area contributed by atoms with Gasteiger partial charge in [-0.05, 0) is 49.6 Å². The molecule has 0 spiro atoms. The first-order valence-electron chi connectivity index (χ1n) is 9.47. The highest BCUT2D eigenvalue weighted by Crippen LogP contribution is 2.31. The summed E-state index contributed by atoms with van der Waals surface area (Å²) >= 11 is 0. The molecule has 0 unspecified atom stereocenters. The summed E-state index contributed by atoms with van der Waals surface area (Å²) in [5.41, 5.74) is -0.320. The molecule has 2 aromatic carbocycles. The fourth-order valence-corrected chi connectivity index (χ4v) is 4.88. The zero-order chi connectivity index (χ0) is 21.5. The maximum atomic E-state index is 14.6. The molecule has 2 heterocycles. The molecule has 0 atom stereocenters. The van der Waals surface area contributed by atoms with Gasteiger partial charge in [0.15, 0.2) is 5.82 Å². The van der Waals surface area contributed by atoms with Crippen molar-refractivity contribution in [1.82, 2.24) is 14.8 Å². The minimum absolute atomic E-state index is 0.0504. The highest BCUT2D eigenvalue weighted by atomic mass is 32.2. The van der Waals surface area contributed by atoms with Gasteiger partial charge in [0.05, 0.1) is 16.1 Å². The number of hydrogen-bond donors (Lipinski definition) is 1. The molecule has 10 heteroatoms. The van der Waals surface area contributed by atoms with Crippen molar-refractivity contribution in [2.75, 3.05) is 4.72 Å². The molecule has 0 bridgehead atoms. The largest absolute Gasteiger partial charge is 0.311 e. The highest BCUT2D eigenvalue weighted by molar-refractivity contribution is 7.92. The molecule has 0 radical (unpaired) electrons. The van der Waals surface area contributed by atoms with Gasteiger partial charge in [-0.15, -0.1) is 10.2 Å². The Balaban J connectivity index is 1.75. The van der Waals surface area contributed by atoms with Crippen LogP contribution in [-0.4, -0.2) is 23.2 Å². The van der Waals surface area contributed by atoms with E-state index >= 15 is 0 Å². The molecule has 4 rings (SSSR count). The van der Waals surface area contributed by atoms with Gasteiger partial charge >= 0.3 is 0 Å². The van der Waals surface area contributed by atoms with Crippen LogP contribution in [0.25, 0.3) is 11.4 Å². The standard InChI is InChI=1S/C20H19F3N4O2S/c1-12-9-13(21)6-7-18(12)30(28,29)26-17-10-14(15(22)11-16(17)23)20-25-24-19-5-3-2-4-8-27(19)20/h6-7,9-11,26H,2-5,8H2,1H3. The van der Waals surface area contributed by atoms with Crippen molar-refractivity contribution in [2.45, 2.75) is 44.0 Å². The van der Waals surface area contributed by atoms with E-state index in [1.165, 1.54) is 6.92 Å². The number of sulfonamides is 1. The second-order valence-corrected chi connectivity index (χ2v) is 8.88. The van der Waals surface area contributed by atoms with Crippen molar-refractivity contribution >= 4 is 15.7 Å². The number of nitrogens with zero attached hydrogens (tertiary/aromatic N) is 3. The number of halogens is 3. The fourth-order valence-electron chi connectivity index (χ4n) is 3.60. The Morgan fingerprint density at radius 3 is 2.57 bits per heavy atom. The van der Waals surface area contributed by atoms with Gasteiger partial charge in [-0.3, -0.25) is 4.72 Å². The van der Waals surface area contributed by atoms with Crippen LogP contribution in [0.2, 0.25) is 0 Å². The molecular weight excluding hydrogens is 417 g/mol.